The van der Waals surface area contributed by atoms with Crippen molar-refractivity contribution in [2.24, 2.45) is 0 Å². The lowest BCUT2D eigenvalue weighted by Crippen LogP contribution is -2.12. The molecular formula is C21H21BrN2O2S. The smallest absolute Gasteiger partial charge is 0.226 e. The Kier molecular flexibility index (Phi) is 6.63. The second-order valence-electron chi connectivity index (χ2n) is 6.31. The van der Waals surface area contributed by atoms with Crippen LogP contribution in [0.3, 0.4) is 0 Å². The maximum Gasteiger partial charge on any atom is 0.226 e. The number of benzene rings is 2. The van der Waals surface area contributed by atoms with Crippen LogP contribution in [0.25, 0.3) is 11.3 Å². The zero-order valence-electron chi connectivity index (χ0n) is 15.3. The fraction of sp³-hybridized carbons (Fsp3) is 0.238. The Morgan fingerprint density at radius 1 is 1.19 bits per heavy atom. The fourth-order valence-electron chi connectivity index (χ4n) is 2.64. The Morgan fingerprint density at radius 2 is 1.96 bits per heavy atom. The molecule has 0 unspecified atom stereocenters. The number of ether oxygens (including phenoxy) is 1. The third-order valence-corrected chi connectivity index (χ3v) is 5.31. The number of carbonyl (C=O) groups excluding carboxylic acids is 1. The van der Waals surface area contributed by atoms with Crippen molar-refractivity contribution in [3.63, 3.8) is 0 Å². The van der Waals surface area contributed by atoms with Crippen molar-refractivity contribution in [3.8, 4) is 17.0 Å². The van der Waals surface area contributed by atoms with Gasteiger partial charge in [0.2, 0.25) is 5.91 Å². The Bertz CT molecular complexity index is 922. The summed E-state index contributed by atoms with van der Waals surface area (Å²) in [6.07, 6.45) is 1.06. The highest BCUT2D eigenvalue weighted by atomic mass is 79.9. The summed E-state index contributed by atoms with van der Waals surface area (Å²) in [5, 5.41) is 5.43. The summed E-state index contributed by atoms with van der Waals surface area (Å²) in [5.41, 5.74) is 4.21. The first-order valence-electron chi connectivity index (χ1n) is 8.72. The SMILES string of the molecule is Cc1ccc(OCCCC(=O)Nc2nc(-c3ccc(Br)cc3)cs2)c(C)c1. The van der Waals surface area contributed by atoms with Crippen molar-refractivity contribution < 1.29 is 9.53 Å². The van der Waals surface area contributed by atoms with Crippen LogP contribution in [0.15, 0.2) is 52.3 Å². The number of thiazole rings is 1. The number of anilines is 1. The summed E-state index contributed by atoms with van der Waals surface area (Å²) in [4.78, 5) is 16.6. The highest BCUT2D eigenvalue weighted by molar-refractivity contribution is 9.10. The number of hydrogen-bond acceptors (Lipinski definition) is 4. The van der Waals surface area contributed by atoms with Gasteiger partial charge in [0.05, 0.1) is 12.3 Å². The molecule has 0 fully saturated rings. The van der Waals surface area contributed by atoms with E-state index in [0.29, 0.717) is 24.6 Å². The normalized spacial score (nSPS) is 10.6. The topological polar surface area (TPSA) is 51.2 Å². The molecule has 3 aromatic rings. The Labute approximate surface area is 171 Å². The van der Waals surface area contributed by atoms with E-state index in [4.69, 9.17) is 4.74 Å². The molecule has 140 valence electrons. The average molecular weight is 445 g/mol. The summed E-state index contributed by atoms with van der Waals surface area (Å²) < 4.78 is 6.79. The second-order valence-corrected chi connectivity index (χ2v) is 8.09. The van der Waals surface area contributed by atoms with Gasteiger partial charge in [-0.1, -0.05) is 45.8 Å². The number of amides is 1. The van der Waals surface area contributed by atoms with Gasteiger partial charge >= 0.3 is 0 Å². The van der Waals surface area contributed by atoms with E-state index < -0.39 is 0 Å². The molecule has 27 heavy (non-hydrogen) atoms. The number of nitrogens with zero attached hydrogens (tertiary/aromatic N) is 1. The van der Waals surface area contributed by atoms with Crippen LogP contribution in [0.5, 0.6) is 5.75 Å². The van der Waals surface area contributed by atoms with Crippen LogP contribution in [0.4, 0.5) is 5.13 Å². The number of carbonyl (C=O) groups is 1. The van der Waals surface area contributed by atoms with Gasteiger partial charge in [0.25, 0.3) is 0 Å². The summed E-state index contributed by atoms with van der Waals surface area (Å²) in [6.45, 7) is 4.60. The van der Waals surface area contributed by atoms with Gasteiger partial charge < -0.3 is 10.1 Å². The van der Waals surface area contributed by atoms with E-state index in [2.05, 4.69) is 39.2 Å². The van der Waals surface area contributed by atoms with E-state index in [1.807, 2.05) is 48.7 Å². The predicted octanol–water partition coefficient (Wildman–Crippen LogP) is 5.99. The first kappa shape index (κ1) is 19.6. The maximum absolute atomic E-state index is 12.1. The maximum atomic E-state index is 12.1. The lowest BCUT2D eigenvalue weighted by molar-refractivity contribution is -0.116. The minimum Gasteiger partial charge on any atom is -0.493 e. The number of hydrogen-bond donors (Lipinski definition) is 1. The van der Waals surface area contributed by atoms with Crippen molar-refractivity contribution >= 4 is 38.3 Å². The average Bonchev–Trinajstić information content (AvgIpc) is 3.09. The Balaban J connectivity index is 1.45. The van der Waals surface area contributed by atoms with Crippen LogP contribution in [-0.2, 0) is 4.79 Å². The monoisotopic (exact) mass is 444 g/mol. The highest BCUT2D eigenvalue weighted by Gasteiger charge is 2.08. The molecular weight excluding hydrogens is 424 g/mol. The summed E-state index contributed by atoms with van der Waals surface area (Å²) in [6, 6.07) is 14.0. The molecule has 2 aromatic carbocycles. The molecule has 1 aromatic heterocycles. The molecule has 0 aliphatic rings. The van der Waals surface area contributed by atoms with E-state index in [9.17, 15) is 4.79 Å². The van der Waals surface area contributed by atoms with Crippen molar-refractivity contribution in [1.82, 2.24) is 4.98 Å². The van der Waals surface area contributed by atoms with Crippen LogP contribution in [0.2, 0.25) is 0 Å². The van der Waals surface area contributed by atoms with E-state index in [-0.39, 0.29) is 5.91 Å². The van der Waals surface area contributed by atoms with Crippen LogP contribution < -0.4 is 10.1 Å². The minimum absolute atomic E-state index is 0.0454. The summed E-state index contributed by atoms with van der Waals surface area (Å²) >= 11 is 4.85. The highest BCUT2D eigenvalue weighted by Crippen LogP contribution is 2.26. The molecule has 0 saturated heterocycles. The standard InChI is InChI=1S/C21H21BrN2O2S/c1-14-5-10-19(15(2)12-14)26-11-3-4-20(25)24-21-23-18(13-27-21)16-6-8-17(22)9-7-16/h5-10,12-13H,3-4,11H2,1-2H3,(H,23,24,25). The van der Waals surface area contributed by atoms with E-state index in [0.717, 1.165) is 27.0 Å². The molecule has 0 atom stereocenters. The second kappa shape index (κ2) is 9.15. The molecule has 1 amide bonds. The number of nitrogens with one attached hydrogen (secondary N) is 1. The third-order valence-electron chi connectivity index (χ3n) is 4.03. The number of aryl methyl sites for hydroxylation is 2. The van der Waals surface area contributed by atoms with Gasteiger partial charge in [-0.2, -0.15) is 0 Å². The Morgan fingerprint density at radius 3 is 2.70 bits per heavy atom. The third kappa shape index (κ3) is 5.65. The molecule has 0 saturated carbocycles. The largest absolute Gasteiger partial charge is 0.493 e. The number of aromatic nitrogens is 1. The molecule has 3 rings (SSSR count). The van der Waals surface area contributed by atoms with Crippen molar-refractivity contribution in [1.29, 1.82) is 0 Å². The summed E-state index contributed by atoms with van der Waals surface area (Å²) in [5.74, 6) is 0.830. The quantitative estimate of drug-likeness (QED) is 0.455. The van der Waals surface area contributed by atoms with E-state index in [1.54, 1.807) is 0 Å². The van der Waals surface area contributed by atoms with Crippen LogP contribution >= 0.6 is 27.3 Å². The first-order valence-corrected chi connectivity index (χ1v) is 10.4. The van der Waals surface area contributed by atoms with Crippen molar-refractivity contribution in [2.75, 3.05) is 11.9 Å². The van der Waals surface area contributed by atoms with Gasteiger partial charge in [-0.3, -0.25) is 4.79 Å². The van der Waals surface area contributed by atoms with Crippen LogP contribution in [0.1, 0.15) is 24.0 Å². The zero-order valence-corrected chi connectivity index (χ0v) is 17.7. The molecule has 1 N–H and O–H groups in total. The first-order chi connectivity index (χ1) is 13.0. The van der Waals surface area contributed by atoms with Crippen molar-refractivity contribution in [3.05, 3.63) is 63.4 Å². The van der Waals surface area contributed by atoms with Gasteiger partial charge in [-0.25, -0.2) is 4.98 Å². The molecule has 0 aliphatic carbocycles. The lowest BCUT2D eigenvalue weighted by Gasteiger charge is -2.09. The van der Waals surface area contributed by atoms with Crippen LogP contribution in [0, 0.1) is 13.8 Å². The van der Waals surface area contributed by atoms with Gasteiger partial charge in [0, 0.05) is 21.8 Å². The molecule has 0 aliphatic heterocycles. The van der Waals surface area contributed by atoms with Gasteiger partial charge in [-0.15, -0.1) is 11.3 Å². The molecule has 4 nitrogen and oxygen atoms in total. The minimum atomic E-state index is -0.0454. The zero-order chi connectivity index (χ0) is 19.2. The molecule has 6 heteroatoms. The molecule has 0 bridgehead atoms. The number of halogens is 1. The van der Waals surface area contributed by atoms with E-state index in [1.165, 1.54) is 16.9 Å². The Hall–Kier alpha value is -2.18. The fourth-order valence-corrected chi connectivity index (χ4v) is 3.64. The molecule has 0 radical (unpaired) electrons. The van der Waals surface area contributed by atoms with Crippen molar-refractivity contribution in [2.45, 2.75) is 26.7 Å². The molecule has 0 spiro atoms. The predicted molar refractivity (Wildman–Crippen MR) is 115 cm³/mol. The lowest BCUT2D eigenvalue weighted by atomic mass is 10.1. The van der Waals surface area contributed by atoms with E-state index >= 15 is 0 Å². The number of rotatable bonds is 7. The summed E-state index contributed by atoms with van der Waals surface area (Å²) in [7, 11) is 0. The van der Waals surface area contributed by atoms with Gasteiger partial charge in [-0.05, 0) is 44.0 Å². The molecule has 1 heterocycles. The van der Waals surface area contributed by atoms with Gasteiger partial charge in [0.15, 0.2) is 5.13 Å². The van der Waals surface area contributed by atoms with Crippen LogP contribution in [-0.4, -0.2) is 17.5 Å². The van der Waals surface area contributed by atoms with Gasteiger partial charge in [0.1, 0.15) is 5.75 Å².